The Hall–Kier alpha value is -1.55. The highest BCUT2D eigenvalue weighted by molar-refractivity contribution is 5.76. The van der Waals surface area contributed by atoms with E-state index in [0.717, 1.165) is 38.1 Å². The number of para-hydroxylation sites is 1. The van der Waals surface area contributed by atoms with Gasteiger partial charge in [-0.2, -0.15) is 0 Å². The lowest BCUT2D eigenvalue weighted by atomic mass is 9.81. The Bertz CT molecular complexity index is 476. The van der Waals surface area contributed by atoms with Crippen molar-refractivity contribution in [2.75, 3.05) is 26.2 Å². The van der Waals surface area contributed by atoms with Crippen LogP contribution >= 0.6 is 0 Å². The van der Waals surface area contributed by atoms with Crippen LogP contribution in [0.15, 0.2) is 30.3 Å². The fraction of sp³-hybridized carbons (Fsp3) is 0.562. The summed E-state index contributed by atoms with van der Waals surface area (Å²) in [6, 6.07) is 9.75. The molecular formula is C16H21NO3. The number of fused-ring (bicyclic) bond motifs is 1. The largest absolute Gasteiger partial charge is 0.492 e. The van der Waals surface area contributed by atoms with Crippen molar-refractivity contribution in [3.63, 3.8) is 0 Å². The van der Waals surface area contributed by atoms with Crippen LogP contribution in [0.4, 0.5) is 0 Å². The highest BCUT2D eigenvalue weighted by Crippen LogP contribution is 2.48. The summed E-state index contributed by atoms with van der Waals surface area (Å²) in [5.41, 5.74) is -0.479. The number of nitrogens with zero attached hydrogens (tertiary/aromatic N) is 1. The molecule has 1 heterocycles. The van der Waals surface area contributed by atoms with Crippen molar-refractivity contribution in [2.24, 2.45) is 11.3 Å². The second kappa shape index (κ2) is 5.44. The van der Waals surface area contributed by atoms with Crippen molar-refractivity contribution >= 4 is 5.97 Å². The molecule has 20 heavy (non-hydrogen) atoms. The van der Waals surface area contributed by atoms with Gasteiger partial charge in [-0.05, 0) is 30.9 Å². The molecule has 0 bridgehead atoms. The van der Waals surface area contributed by atoms with Crippen molar-refractivity contribution in [3.8, 4) is 5.75 Å². The van der Waals surface area contributed by atoms with Crippen molar-refractivity contribution in [2.45, 2.75) is 19.3 Å². The normalized spacial score (nSPS) is 29.3. The van der Waals surface area contributed by atoms with Gasteiger partial charge in [0, 0.05) is 19.6 Å². The SMILES string of the molecule is O=C(O)[C@@]12CCC[C@H]1CN(CCOc1ccccc1)C2. The van der Waals surface area contributed by atoms with E-state index < -0.39 is 11.4 Å². The van der Waals surface area contributed by atoms with E-state index in [2.05, 4.69) is 4.90 Å². The van der Waals surface area contributed by atoms with Crippen LogP contribution in [0.5, 0.6) is 5.75 Å². The second-order valence-corrected chi connectivity index (χ2v) is 5.95. The molecule has 3 rings (SSSR count). The minimum Gasteiger partial charge on any atom is -0.492 e. The van der Waals surface area contributed by atoms with E-state index in [4.69, 9.17) is 4.74 Å². The van der Waals surface area contributed by atoms with Crippen LogP contribution in [0, 0.1) is 11.3 Å². The molecule has 2 fully saturated rings. The van der Waals surface area contributed by atoms with Gasteiger partial charge < -0.3 is 9.84 Å². The number of hydrogen-bond donors (Lipinski definition) is 1. The van der Waals surface area contributed by atoms with Crippen molar-refractivity contribution in [3.05, 3.63) is 30.3 Å². The maximum Gasteiger partial charge on any atom is 0.311 e. The molecule has 0 spiro atoms. The zero-order valence-electron chi connectivity index (χ0n) is 11.6. The summed E-state index contributed by atoms with van der Waals surface area (Å²) in [5.74, 6) is 0.600. The number of ether oxygens (including phenoxy) is 1. The fourth-order valence-corrected chi connectivity index (χ4v) is 3.72. The van der Waals surface area contributed by atoms with Gasteiger partial charge in [0.15, 0.2) is 0 Å². The molecule has 1 saturated carbocycles. The maximum absolute atomic E-state index is 11.6. The summed E-state index contributed by atoms with van der Waals surface area (Å²) < 4.78 is 5.69. The van der Waals surface area contributed by atoms with Gasteiger partial charge in [0.1, 0.15) is 12.4 Å². The van der Waals surface area contributed by atoms with E-state index in [-0.39, 0.29) is 0 Å². The first kappa shape index (κ1) is 13.4. The number of carboxylic acid groups (broad SMARTS) is 1. The molecule has 0 amide bonds. The van der Waals surface area contributed by atoms with Crippen molar-refractivity contribution in [1.29, 1.82) is 0 Å². The Labute approximate surface area is 119 Å². The van der Waals surface area contributed by atoms with Gasteiger partial charge in [-0.15, -0.1) is 0 Å². The van der Waals surface area contributed by atoms with Gasteiger partial charge in [0.2, 0.25) is 0 Å². The van der Waals surface area contributed by atoms with Gasteiger partial charge in [-0.3, -0.25) is 9.69 Å². The summed E-state index contributed by atoms with van der Waals surface area (Å²) in [6.45, 7) is 3.02. The summed E-state index contributed by atoms with van der Waals surface area (Å²) >= 11 is 0. The highest BCUT2D eigenvalue weighted by atomic mass is 16.5. The number of carbonyl (C=O) groups is 1. The molecule has 4 heteroatoms. The van der Waals surface area contributed by atoms with Crippen LogP contribution in [0.25, 0.3) is 0 Å². The molecule has 0 radical (unpaired) electrons. The molecule has 2 atom stereocenters. The minimum atomic E-state index is -0.605. The number of benzene rings is 1. The standard InChI is InChI=1S/C16H21NO3/c18-15(19)16-8-4-5-13(16)11-17(12-16)9-10-20-14-6-2-1-3-7-14/h1-3,6-7,13H,4-5,8-12H2,(H,18,19)/t13-,16+/m0/s1. The molecule has 0 aromatic heterocycles. The van der Waals surface area contributed by atoms with E-state index in [1.807, 2.05) is 30.3 Å². The minimum absolute atomic E-state index is 0.330. The quantitative estimate of drug-likeness (QED) is 0.895. The first-order chi connectivity index (χ1) is 9.71. The molecule has 108 valence electrons. The molecule has 2 aliphatic rings. The van der Waals surface area contributed by atoms with Gasteiger partial charge in [0.05, 0.1) is 5.41 Å². The number of hydrogen-bond acceptors (Lipinski definition) is 3. The Morgan fingerprint density at radius 1 is 1.40 bits per heavy atom. The van der Waals surface area contributed by atoms with Gasteiger partial charge in [-0.25, -0.2) is 0 Å². The lowest BCUT2D eigenvalue weighted by Gasteiger charge is -2.23. The van der Waals surface area contributed by atoms with E-state index in [0.29, 0.717) is 19.1 Å². The summed E-state index contributed by atoms with van der Waals surface area (Å²) in [5, 5.41) is 9.54. The van der Waals surface area contributed by atoms with Crippen LogP contribution in [-0.2, 0) is 4.79 Å². The average Bonchev–Trinajstić information content (AvgIpc) is 2.97. The molecule has 1 N–H and O–H groups in total. The number of likely N-dealkylation sites (tertiary alicyclic amines) is 1. The molecular weight excluding hydrogens is 254 g/mol. The topological polar surface area (TPSA) is 49.8 Å². The lowest BCUT2D eigenvalue weighted by molar-refractivity contribution is -0.149. The lowest BCUT2D eigenvalue weighted by Crippen LogP contribution is -2.36. The smallest absolute Gasteiger partial charge is 0.311 e. The summed E-state index contributed by atoms with van der Waals surface area (Å²) in [7, 11) is 0. The van der Waals surface area contributed by atoms with Crippen molar-refractivity contribution < 1.29 is 14.6 Å². The molecule has 1 saturated heterocycles. The molecule has 1 aromatic carbocycles. The fourth-order valence-electron chi connectivity index (χ4n) is 3.72. The monoisotopic (exact) mass is 275 g/mol. The first-order valence-electron chi connectivity index (χ1n) is 7.34. The van der Waals surface area contributed by atoms with Gasteiger partial charge in [0.25, 0.3) is 0 Å². The second-order valence-electron chi connectivity index (χ2n) is 5.95. The van der Waals surface area contributed by atoms with Gasteiger partial charge in [-0.1, -0.05) is 24.6 Å². The Morgan fingerprint density at radius 3 is 2.90 bits per heavy atom. The van der Waals surface area contributed by atoms with E-state index >= 15 is 0 Å². The highest BCUT2D eigenvalue weighted by Gasteiger charge is 2.54. The van der Waals surface area contributed by atoms with E-state index in [1.54, 1.807) is 0 Å². The Balaban J connectivity index is 1.52. The number of aliphatic carboxylic acids is 1. The zero-order valence-corrected chi connectivity index (χ0v) is 11.6. The third-order valence-corrected chi connectivity index (χ3v) is 4.79. The predicted octanol–water partition coefficient (Wildman–Crippen LogP) is 2.25. The third-order valence-electron chi connectivity index (χ3n) is 4.79. The first-order valence-corrected chi connectivity index (χ1v) is 7.34. The zero-order chi connectivity index (χ0) is 14.0. The number of carboxylic acids is 1. The Morgan fingerprint density at radius 2 is 2.20 bits per heavy atom. The third kappa shape index (κ3) is 2.40. The summed E-state index contributed by atoms with van der Waals surface area (Å²) in [6.07, 6.45) is 2.96. The number of rotatable bonds is 5. The van der Waals surface area contributed by atoms with Crippen LogP contribution < -0.4 is 4.74 Å². The van der Waals surface area contributed by atoms with Crippen molar-refractivity contribution in [1.82, 2.24) is 4.90 Å². The van der Waals surface area contributed by atoms with Crippen LogP contribution in [-0.4, -0.2) is 42.2 Å². The molecule has 1 aliphatic carbocycles. The molecule has 4 nitrogen and oxygen atoms in total. The van der Waals surface area contributed by atoms with Crippen LogP contribution in [0.2, 0.25) is 0 Å². The van der Waals surface area contributed by atoms with Gasteiger partial charge >= 0.3 is 5.97 Å². The Kier molecular flexibility index (Phi) is 3.66. The van der Waals surface area contributed by atoms with E-state index in [9.17, 15) is 9.90 Å². The average molecular weight is 275 g/mol. The molecule has 1 aliphatic heterocycles. The summed E-state index contributed by atoms with van der Waals surface area (Å²) in [4.78, 5) is 13.8. The molecule has 1 aromatic rings. The molecule has 0 unspecified atom stereocenters. The van der Waals surface area contributed by atoms with Crippen LogP contribution in [0.1, 0.15) is 19.3 Å². The van der Waals surface area contributed by atoms with Crippen LogP contribution in [0.3, 0.4) is 0 Å². The predicted molar refractivity (Wildman–Crippen MR) is 75.8 cm³/mol. The maximum atomic E-state index is 11.6. The van der Waals surface area contributed by atoms with E-state index in [1.165, 1.54) is 0 Å².